The number of carbonyl (C=O) groups excluding carboxylic acids is 3. The van der Waals surface area contributed by atoms with Crippen molar-refractivity contribution in [1.29, 1.82) is 0 Å². The fourth-order valence-electron chi connectivity index (χ4n) is 4.28. The first-order chi connectivity index (χ1) is 18.2. The van der Waals surface area contributed by atoms with E-state index in [4.69, 9.17) is 19.7 Å². The molecule has 1 unspecified atom stereocenters. The van der Waals surface area contributed by atoms with Crippen molar-refractivity contribution < 1.29 is 42.3 Å². The molecule has 3 atom stereocenters. The fraction of sp³-hybridized carbons (Fsp3) is 0.333. The van der Waals surface area contributed by atoms with Gasteiger partial charge in [-0.15, -0.1) is 0 Å². The summed E-state index contributed by atoms with van der Waals surface area (Å²) in [6.45, 7) is 1.03. The van der Waals surface area contributed by atoms with Gasteiger partial charge in [0.25, 0.3) is 11.8 Å². The second-order valence-corrected chi connectivity index (χ2v) is 8.70. The Labute approximate surface area is 213 Å². The lowest BCUT2D eigenvalue weighted by Gasteiger charge is -2.34. The van der Waals surface area contributed by atoms with Gasteiger partial charge in [-0.1, -0.05) is 5.16 Å². The zero-order valence-corrected chi connectivity index (χ0v) is 19.8. The molecule has 2 fully saturated rings. The van der Waals surface area contributed by atoms with Crippen LogP contribution in [0.5, 0.6) is 0 Å². The van der Waals surface area contributed by atoms with Gasteiger partial charge in [-0.2, -0.15) is 0 Å². The van der Waals surface area contributed by atoms with E-state index in [9.17, 15) is 28.3 Å². The minimum atomic E-state index is -2.02. The minimum absolute atomic E-state index is 0.0165. The number of rotatable bonds is 6. The number of nitrogen functional groups attached to an aromatic ring is 1. The maximum atomic E-state index is 14.5. The van der Waals surface area contributed by atoms with E-state index < -0.39 is 47.5 Å². The molecule has 2 aliphatic heterocycles. The second-order valence-electron chi connectivity index (χ2n) is 8.70. The van der Waals surface area contributed by atoms with Gasteiger partial charge in [0.05, 0.1) is 29.9 Å². The molecule has 0 spiro atoms. The van der Waals surface area contributed by atoms with Gasteiger partial charge >= 0.3 is 0 Å². The number of amides is 2. The van der Waals surface area contributed by atoms with Crippen molar-refractivity contribution in [3.63, 3.8) is 0 Å². The van der Waals surface area contributed by atoms with Crippen LogP contribution in [0.15, 0.2) is 34.9 Å². The number of halogens is 2. The molecule has 0 saturated carbocycles. The number of benzene rings is 2. The van der Waals surface area contributed by atoms with Crippen LogP contribution in [0.4, 0.5) is 26.0 Å². The molecule has 0 radical (unpaired) electrons. The number of fused-ring (bicyclic) bond motifs is 1. The largest absolute Gasteiger partial charge is 0.380 e. The molecule has 0 aliphatic carbocycles. The maximum Gasteiger partial charge on any atom is 0.259 e. The van der Waals surface area contributed by atoms with Gasteiger partial charge < -0.3 is 40.4 Å². The van der Waals surface area contributed by atoms with E-state index in [0.717, 1.165) is 18.2 Å². The molecule has 3 aromatic rings. The quantitative estimate of drug-likeness (QED) is 0.330. The molecule has 38 heavy (non-hydrogen) atoms. The van der Waals surface area contributed by atoms with Crippen LogP contribution < -0.4 is 21.3 Å². The SMILES string of the molecule is Nc1noc2cc(NC(=O)[C@H](O)[C@H]3OCCN(c4ccc(F)c(C(=O)C5CNCCO5)c4)C3=O)c(F)cc12. The molecular formula is C24H23F2N5O7. The van der Waals surface area contributed by atoms with Crippen molar-refractivity contribution in [3.05, 3.63) is 47.5 Å². The Morgan fingerprint density at radius 1 is 1.18 bits per heavy atom. The third kappa shape index (κ3) is 4.81. The Morgan fingerprint density at radius 3 is 2.76 bits per heavy atom. The molecule has 5 rings (SSSR count). The number of hydrogen-bond donors (Lipinski definition) is 4. The normalized spacial score (nSPS) is 20.9. The third-order valence-corrected chi connectivity index (χ3v) is 6.27. The molecule has 12 nitrogen and oxygen atoms in total. The molecular weight excluding hydrogens is 508 g/mol. The average molecular weight is 531 g/mol. The van der Waals surface area contributed by atoms with Crippen molar-refractivity contribution >= 4 is 45.8 Å². The number of nitrogens with zero attached hydrogens (tertiary/aromatic N) is 2. The number of aliphatic hydroxyl groups excluding tert-OH is 1. The van der Waals surface area contributed by atoms with E-state index in [-0.39, 0.29) is 53.4 Å². The van der Waals surface area contributed by atoms with Crippen LogP contribution in [0.1, 0.15) is 10.4 Å². The van der Waals surface area contributed by atoms with Gasteiger partial charge in [-0.3, -0.25) is 14.4 Å². The third-order valence-electron chi connectivity index (χ3n) is 6.27. The number of nitrogens with two attached hydrogens (primary N) is 1. The molecule has 14 heteroatoms. The highest BCUT2D eigenvalue weighted by Gasteiger charge is 2.40. The van der Waals surface area contributed by atoms with Crippen LogP contribution in [0.2, 0.25) is 0 Å². The summed E-state index contributed by atoms with van der Waals surface area (Å²) in [5, 5.41) is 19.5. The number of carbonyl (C=O) groups is 3. The van der Waals surface area contributed by atoms with Crippen LogP contribution in [-0.2, 0) is 19.1 Å². The number of ketones is 1. The number of nitrogens with one attached hydrogen (secondary N) is 2. The van der Waals surface area contributed by atoms with E-state index in [2.05, 4.69) is 15.8 Å². The Morgan fingerprint density at radius 2 is 2.00 bits per heavy atom. The highest BCUT2D eigenvalue weighted by molar-refractivity contribution is 6.06. The van der Waals surface area contributed by atoms with Crippen molar-refractivity contribution in [2.75, 3.05) is 48.8 Å². The van der Waals surface area contributed by atoms with Gasteiger partial charge in [0.2, 0.25) is 0 Å². The van der Waals surface area contributed by atoms with Gasteiger partial charge in [-0.25, -0.2) is 8.78 Å². The van der Waals surface area contributed by atoms with E-state index in [1.807, 2.05) is 0 Å². The predicted molar refractivity (Wildman–Crippen MR) is 128 cm³/mol. The number of Topliss-reactive ketones (excluding diaryl/α,β-unsaturated/α-hetero) is 1. The summed E-state index contributed by atoms with van der Waals surface area (Å²) in [4.78, 5) is 39.8. The minimum Gasteiger partial charge on any atom is -0.380 e. The molecule has 2 aromatic carbocycles. The summed E-state index contributed by atoms with van der Waals surface area (Å²) in [5.74, 6) is -4.19. The summed E-state index contributed by atoms with van der Waals surface area (Å²) in [5.41, 5.74) is 5.26. The summed E-state index contributed by atoms with van der Waals surface area (Å²) < 4.78 is 44.7. The first-order valence-corrected chi connectivity index (χ1v) is 11.7. The van der Waals surface area contributed by atoms with E-state index in [1.165, 1.54) is 17.0 Å². The van der Waals surface area contributed by atoms with Crippen molar-refractivity contribution in [2.45, 2.75) is 18.3 Å². The van der Waals surface area contributed by atoms with E-state index in [1.54, 1.807) is 0 Å². The van der Waals surface area contributed by atoms with Crippen LogP contribution in [0.3, 0.4) is 0 Å². The van der Waals surface area contributed by atoms with Gasteiger partial charge in [0.1, 0.15) is 17.7 Å². The zero-order valence-electron chi connectivity index (χ0n) is 19.8. The Balaban J connectivity index is 1.32. The van der Waals surface area contributed by atoms with Gasteiger partial charge in [-0.05, 0) is 24.3 Å². The lowest BCUT2D eigenvalue weighted by molar-refractivity contribution is -0.150. The first kappa shape index (κ1) is 25.7. The number of anilines is 3. The predicted octanol–water partition coefficient (Wildman–Crippen LogP) is 0.591. The smallest absolute Gasteiger partial charge is 0.259 e. The fourth-order valence-corrected chi connectivity index (χ4v) is 4.28. The summed E-state index contributed by atoms with van der Waals surface area (Å²) in [6, 6.07) is 5.71. The number of ether oxygens (including phenoxy) is 2. The van der Waals surface area contributed by atoms with E-state index >= 15 is 0 Å². The molecule has 0 bridgehead atoms. The molecule has 2 saturated heterocycles. The highest BCUT2D eigenvalue weighted by atomic mass is 19.1. The molecule has 2 aliphatic rings. The maximum absolute atomic E-state index is 14.5. The summed E-state index contributed by atoms with van der Waals surface area (Å²) >= 11 is 0. The number of hydrogen-bond acceptors (Lipinski definition) is 10. The zero-order chi connectivity index (χ0) is 27.0. The number of morpholine rings is 2. The lowest BCUT2D eigenvalue weighted by Crippen LogP contribution is -2.55. The van der Waals surface area contributed by atoms with Crippen LogP contribution in [0.25, 0.3) is 11.0 Å². The Hall–Kier alpha value is -3.98. The van der Waals surface area contributed by atoms with Crippen LogP contribution in [0, 0.1) is 11.6 Å². The molecule has 3 heterocycles. The summed E-state index contributed by atoms with van der Waals surface area (Å²) in [6.07, 6.45) is -4.55. The van der Waals surface area contributed by atoms with Crippen molar-refractivity contribution in [1.82, 2.24) is 10.5 Å². The lowest BCUT2D eigenvalue weighted by atomic mass is 10.0. The number of aromatic nitrogens is 1. The monoisotopic (exact) mass is 531 g/mol. The van der Waals surface area contributed by atoms with Gasteiger partial charge in [0.15, 0.2) is 29.4 Å². The second kappa shape index (κ2) is 10.4. The van der Waals surface area contributed by atoms with Crippen molar-refractivity contribution in [2.24, 2.45) is 0 Å². The molecule has 1 aromatic heterocycles. The van der Waals surface area contributed by atoms with Crippen LogP contribution >= 0.6 is 0 Å². The van der Waals surface area contributed by atoms with E-state index in [0.29, 0.717) is 13.2 Å². The summed E-state index contributed by atoms with van der Waals surface area (Å²) in [7, 11) is 0. The highest BCUT2D eigenvalue weighted by Crippen LogP contribution is 2.28. The standard InChI is InChI=1S/C24H23F2N5O7/c25-14-2-1-11(7-12(14)19(32)18-10-28-3-5-36-18)31-4-6-37-21(24(31)35)20(33)23(34)29-16-9-17-13(8-15(16)26)22(27)30-38-17/h1-2,7-9,18,20-21,28,33H,3-6,10H2,(H2,27,30)(H,29,34)/t18?,20-,21-/m1/s1. The van der Waals surface area contributed by atoms with Gasteiger partial charge in [0, 0.05) is 31.4 Å². The molecule has 200 valence electrons. The van der Waals surface area contributed by atoms with Crippen LogP contribution in [-0.4, -0.2) is 79.0 Å². The topological polar surface area (TPSA) is 169 Å². The first-order valence-electron chi connectivity index (χ1n) is 11.7. The molecule has 2 amide bonds. The Kier molecular flexibility index (Phi) is 7.03. The average Bonchev–Trinajstić information content (AvgIpc) is 3.28. The number of aliphatic hydroxyl groups is 1. The molecule has 5 N–H and O–H groups in total. The van der Waals surface area contributed by atoms with Crippen molar-refractivity contribution in [3.8, 4) is 0 Å². The Bertz CT molecular complexity index is 1410.